The number of ether oxygens (including phenoxy) is 4. The van der Waals surface area contributed by atoms with Crippen LogP contribution in [0.5, 0.6) is 0 Å². The zero-order valence-corrected chi connectivity index (χ0v) is 24.2. The van der Waals surface area contributed by atoms with Crippen molar-refractivity contribution in [1.29, 1.82) is 0 Å². The molecule has 0 saturated carbocycles. The fraction of sp³-hybridized carbons (Fsp3) is 0.161. The Morgan fingerprint density at radius 2 is 1.27 bits per heavy atom. The van der Waals surface area contributed by atoms with Crippen LogP contribution in [0.3, 0.4) is 0 Å². The molecular weight excluding hydrogens is 613 g/mol. The molecule has 44 heavy (non-hydrogen) atoms. The van der Waals surface area contributed by atoms with Gasteiger partial charge < -0.3 is 18.9 Å². The smallest absolute Gasteiger partial charge is 0.338 e. The van der Waals surface area contributed by atoms with Crippen molar-refractivity contribution < 1.29 is 33.3 Å². The molecule has 222 valence electrons. The second-order valence-corrected chi connectivity index (χ2v) is 10.3. The molecule has 0 unspecified atom stereocenters. The Morgan fingerprint density at radius 1 is 0.750 bits per heavy atom. The number of hydrogen-bond donors (Lipinski definition) is 0. The molecule has 11 nitrogen and oxygen atoms in total. The molecule has 13 heteroatoms. The summed E-state index contributed by atoms with van der Waals surface area (Å²) in [6.45, 7) is -0.348. The Bertz CT molecular complexity index is 1810. The van der Waals surface area contributed by atoms with Gasteiger partial charge in [-0.1, -0.05) is 66.2 Å². The Balaban J connectivity index is 1.39. The van der Waals surface area contributed by atoms with E-state index in [2.05, 4.69) is 15.0 Å². The van der Waals surface area contributed by atoms with Crippen molar-refractivity contribution in [1.82, 2.24) is 19.5 Å². The third kappa shape index (κ3) is 6.11. The van der Waals surface area contributed by atoms with Gasteiger partial charge in [0.25, 0.3) is 0 Å². The molecule has 0 spiro atoms. The number of halogens is 2. The van der Waals surface area contributed by atoms with E-state index in [1.807, 2.05) is 0 Å². The SMILES string of the molecule is O=C(OC[C@H]1O[C@@H](n2[14cH]nc3nc(Cl)nc(Cl)c32)[C@H](OC(=O)c2ccccc2)[C@@H]1OC(=O)c1ccccc1)c1ccccc1. The van der Waals surface area contributed by atoms with Gasteiger partial charge in [0.05, 0.1) is 16.7 Å². The van der Waals surface area contributed by atoms with Gasteiger partial charge in [0.1, 0.15) is 24.6 Å². The van der Waals surface area contributed by atoms with Gasteiger partial charge in [0.2, 0.25) is 5.28 Å². The molecule has 0 radical (unpaired) electrons. The highest BCUT2D eigenvalue weighted by Crippen LogP contribution is 2.38. The zero-order chi connectivity index (χ0) is 30.6. The first kappa shape index (κ1) is 29.2. The first-order chi connectivity index (χ1) is 21.4. The van der Waals surface area contributed by atoms with Crippen LogP contribution < -0.4 is 0 Å². The molecule has 0 amide bonds. The van der Waals surface area contributed by atoms with Crippen LogP contribution in [0.25, 0.3) is 11.2 Å². The van der Waals surface area contributed by atoms with Crippen molar-refractivity contribution in [3.63, 3.8) is 0 Å². The normalized spacial score (nSPS) is 19.4. The lowest BCUT2D eigenvalue weighted by Crippen LogP contribution is -2.41. The minimum atomic E-state index is -1.26. The van der Waals surface area contributed by atoms with Gasteiger partial charge in [-0.2, -0.15) is 4.98 Å². The first-order valence-electron chi connectivity index (χ1n) is 13.3. The van der Waals surface area contributed by atoms with Crippen molar-refractivity contribution in [3.8, 4) is 0 Å². The topological polar surface area (TPSA) is 132 Å². The predicted octanol–water partition coefficient (Wildman–Crippen LogP) is 5.34. The molecule has 5 aromatic rings. The van der Waals surface area contributed by atoms with Gasteiger partial charge >= 0.3 is 17.9 Å². The maximum atomic E-state index is 13.4. The summed E-state index contributed by atoms with van der Waals surface area (Å²) in [6, 6.07) is 24.9. The minimum absolute atomic E-state index is 0.0361. The largest absolute Gasteiger partial charge is 0.459 e. The third-order valence-corrected chi connectivity index (χ3v) is 7.24. The molecular formula is C31H22Cl2N4O7. The van der Waals surface area contributed by atoms with E-state index in [1.165, 1.54) is 10.9 Å². The quantitative estimate of drug-likeness (QED) is 0.0953. The summed E-state index contributed by atoms with van der Waals surface area (Å²) in [4.78, 5) is 51.8. The minimum Gasteiger partial charge on any atom is -0.459 e. The predicted molar refractivity (Wildman–Crippen MR) is 157 cm³/mol. The number of imidazole rings is 1. The number of hydrogen-bond acceptors (Lipinski definition) is 10. The number of fused-ring (bicyclic) bond motifs is 1. The standard InChI is InChI=1S/C31H22Cl2N4O7/c32-25-22-26(36-31(33)35-25)34-17-37(22)27-24(44-30(40)20-14-8-3-9-15-20)23(43-29(39)19-12-6-2-7-13-19)21(42-27)16-41-28(38)18-10-4-1-5-11-18/h1-15,17,21,23-24,27H,16H2/t21-,23-,24-,27-/m1/s1/i17+2. The van der Waals surface area contributed by atoms with Crippen molar-refractivity contribution in [2.45, 2.75) is 24.5 Å². The maximum absolute atomic E-state index is 13.4. The Hall–Kier alpha value is -4.84. The molecule has 3 aromatic carbocycles. The maximum Gasteiger partial charge on any atom is 0.338 e. The van der Waals surface area contributed by atoms with Crippen LogP contribution in [-0.4, -0.2) is 62.3 Å². The highest BCUT2D eigenvalue weighted by molar-refractivity contribution is 6.35. The van der Waals surface area contributed by atoms with Crippen LogP contribution in [-0.2, 0) is 18.9 Å². The summed E-state index contributed by atoms with van der Waals surface area (Å²) >= 11 is 12.4. The number of rotatable bonds is 8. The molecule has 1 aliphatic heterocycles. The fourth-order valence-corrected chi connectivity index (χ4v) is 5.22. The average molecular weight is 635 g/mol. The van der Waals surface area contributed by atoms with Crippen molar-refractivity contribution in [3.05, 3.63) is 124 Å². The molecule has 4 atom stereocenters. The van der Waals surface area contributed by atoms with E-state index >= 15 is 0 Å². The summed E-state index contributed by atoms with van der Waals surface area (Å²) in [5.41, 5.74) is 1.21. The number of nitrogens with zero attached hydrogens (tertiary/aromatic N) is 4. The van der Waals surface area contributed by atoms with E-state index in [1.54, 1.807) is 91.0 Å². The van der Waals surface area contributed by atoms with E-state index in [0.717, 1.165) is 0 Å². The van der Waals surface area contributed by atoms with E-state index in [0.29, 0.717) is 5.56 Å². The molecule has 1 saturated heterocycles. The summed E-state index contributed by atoms with van der Waals surface area (Å²) < 4.78 is 25.3. The molecule has 1 aliphatic rings. The molecule has 0 bridgehead atoms. The summed E-state index contributed by atoms with van der Waals surface area (Å²) in [5.74, 6) is -2.03. The zero-order valence-electron chi connectivity index (χ0n) is 22.7. The monoisotopic (exact) mass is 634 g/mol. The summed E-state index contributed by atoms with van der Waals surface area (Å²) in [6.07, 6.45) is -3.39. The van der Waals surface area contributed by atoms with Crippen LogP contribution in [0.15, 0.2) is 97.3 Å². The van der Waals surface area contributed by atoms with Gasteiger partial charge in [-0.25, -0.2) is 24.4 Å². The van der Waals surface area contributed by atoms with Gasteiger partial charge in [0.15, 0.2) is 29.2 Å². The van der Waals surface area contributed by atoms with Crippen LogP contribution in [0.4, 0.5) is 0 Å². The van der Waals surface area contributed by atoms with E-state index in [-0.39, 0.29) is 39.3 Å². The second-order valence-electron chi connectivity index (χ2n) is 9.61. The lowest BCUT2D eigenvalue weighted by atomic mass is 10.1. The van der Waals surface area contributed by atoms with Crippen LogP contribution in [0.2, 0.25) is 10.4 Å². The number of carbonyl (C=O) groups is 3. The van der Waals surface area contributed by atoms with Gasteiger partial charge in [-0.15, -0.1) is 0 Å². The van der Waals surface area contributed by atoms with Gasteiger partial charge in [0, 0.05) is 0 Å². The second kappa shape index (κ2) is 12.8. The lowest BCUT2D eigenvalue weighted by molar-refractivity contribution is -0.0604. The van der Waals surface area contributed by atoms with E-state index in [4.69, 9.17) is 42.1 Å². The van der Waals surface area contributed by atoms with Gasteiger partial charge in [-0.05, 0) is 48.0 Å². The Labute approximate surface area is 260 Å². The molecule has 3 heterocycles. The third-order valence-electron chi connectivity index (χ3n) is 6.81. The van der Waals surface area contributed by atoms with Crippen LogP contribution in [0.1, 0.15) is 37.3 Å². The number of carbonyl (C=O) groups excluding carboxylic acids is 3. The number of benzene rings is 3. The highest BCUT2D eigenvalue weighted by atomic mass is 35.5. The first-order valence-corrected chi connectivity index (χ1v) is 14.1. The summed E-state index contributed by atoms with van der Waals surface area (Å²) in [5, 5.41) is -0.154. The fourth-order valence-electron chi connectivity index (χ4n) is 4.75. The highest BCUT2D eigenvalue weighted by Gasteiger charge is 2.52. The lowest BCUT2D eigenvalue weighted by Gasteiger charge is -2.25. The van der Waals surface area contributed by atoms with E-state index in [9.17, 15) is 14.4 Å². The Morgan fingerprint density at radius 3 is 1.84 bits per heavy atom. The van der Waals surface area contributed by atoms with Crippen molar-refractivity contribution >= 4 is 52.3 Å². The molecule has 1 fully saturated rings. The average Bonchev–Trinajstić information content (AvgIpc) is 3.62. The number of aromatic nitrogens is 4. The van der Waals surface area contributed by atoms with Crippen LogP contribution >= 0.6 is 23.2 Å². The molecule has 2 aromatic heterocycles. The van der Waals surface area contributed by atoms with Crippen molar-refractivity contribution in [2.75, 3.05) is 6.61 Å². The number of esters is 3. The molecule has 0 N–H and O–H groups in total. The van der Waals surface area contributed by atoms with Gasteiger partial charge in [-0.3, -0.25) is 4.57 Å². The van der Waals surface area contributed by atoms with Crippen molar-refractivity contribution in [2.24, 2.45) is 0 Å². The van der Waals surface area contributed by atoms with Crippen LogP contribution in [0, 0.1) is 0 Å². The molecule has 6 rings (SSSR count). The molecule has 0 aliphatic carbocycles. The van der Waals surface area contributed by atoms with E-state index < -0.39 is 42.4 Å². The summed E-state index contributed by atoms with van der Waals surface area (Å²) in [7, 11) is 0. The Kier molecular flexibility index (Phi) is 8.51.